The topological polar surface area (TPSA) is 75.8 Å². The van der Waals surface area contributed by atoms with Gasteiger partial charge in [0.05, 0.1) is 31.1 Å². The first-order valence-corrected chi connectivity index (χ1v) is 7.38. The molecule has 1 N–H and O–H groups in total. The highest BCUT2D eigenvalue weighted by Crippen LogP contribution is 2.27. The summed E-state index contributed by atoms with van der Waals surface area (Å²) >= 11 is 0. The van der Waals surface area contributed by atoms with Gasteiger partial charge in [0.2, 0.25) is 5.91 Å². The Morgan fingerprint density at radius 3 is 2.81 bits per heavy atom. The molecule has 1 aliphatic heterocycles. The first-order chi connectivity index (χ1) is 9.93. The Labute approximate surface area is 125 Å². The van der Waals surface area contributed by atoms with Crippen LogP contribution in [0.5, 0.6) is 0 Å². The number of aliphatic hydroxyl groups is 1. The van der Waals surface area contributed by atoms with Crippen LogP contribution >= 0.6 is 0 Å². The highest BCUT2D eigenvalue weighted by Gasteiger charge is 2.30. The molecule has 3 unspecified atom stereocenters. The van der Waals surface area contributed by atoms with Crippen molar-refractivity contribution in [3.63, 3.8) is 0 Å². The summed E-state index contributed by atoms with van der Waals surface area (Å²) < 4.78 is 10.6. The fourth-order valence-corrected chi connectivity index (χ4v) is 2.95. The fraction of sp³-hybridized carbons (Fsp3) is 0.733. The van der Waals surface area contributed by atoms with Crippen LogP contribution in [0, 0.1) is 13.8 Å². The summed E-state index contributed by atoms with van der Waals surface area (Å²) in [6.07, 6.45) is 0.130. The Balaban J connectivity index is 2.03. The summed E-state index contributed by atoms with van der Waals surface area (Å²) in [5, 5.41) is 13.1. The third kappa shape index (κ3) is 3.44. The molecule has 2 heterocycles. The number of nitrogens with zero attached hydrogens (tertiary/aromatic N) is 2. The largest absolute Gasteiger partial charge is 0.394 e. The van der Waals surface area contributed by atoms with Crippen LogP contribution in [-0.4, -0.2) is 53.0 Å². The lowest BCUT2D eigenvalue weighted by Crippen LogP contribution is -2.52. The standard InChI is InChI=1S/C15H24N2O4/c1-9(15-11(3)16-21-12(15)4)5-14(19)17-6-13(7-18)20-8-10(17)2/h9-10,13,18H,5-8H2,1-4H3. The van der Waals surface area contributed by atoms with Crippen molar-refractivity contribution in [1.82, 2.24) is 10.1 Å². The molecule has 6 nitrogen and oxygen atoms in total. The van der Waals surface area contributed by atoms with Crippen LogP contribution in [0.15, 0.2) is 4.52 Å². The highest BCUT2D eigenvalue weighted by molar-refractivity contribution is 5.77. The molecule has 1 aromatic rings. The molecule has 3 atom stereocenters. The second-order valence-corrected chi connectivity index (χ2v) is 5.88. The minimum absolute atomic E-state index is 0.0390. The predicted octanol–water partition coefficient (Wildman–Crippen LogP) is 1.39. The zero-order valence-corrected chi connectivity index (χ0v) is 13.1. The van der Waals surface area contributed by atoms with E-state index in [2.05, 4.69) is 5.16 Å². The normalized spacial score (nSPS) is 24.1. The average molecular weight is 296 g/mol. The van der Waals surface area contributed by atoms with Crippen LogP contribution in [0.25, 0.3) is 0 Å². The van der Waals surface area contributed by atoms with Crippen molar-refractivity contribution in [3.8, 4) is 0 Å². The van der Waals surface area contributed by atoms with Crippen LogP contribution < -0.4 is 0 Å². The Bertz CT molecular complexity index is 480. The van der Waals surface area contributed by atoms with E-state index in [0.717, 1.165) is 17.0 Å². The summed E-state index contributed by atoms with van der Waals surface area (Å²) in [7, 11) is 0. The zero-order chi connectivity index (χ0) is 15.6. The van der Waals surface area contributed by atoms with E-state index in [0.29, 0.717) is 19.6 Å². The van der Waals surface area contributed by atoms with Gasteiger partial charge in [0, 0.05) is 18.5 Å². The molecule has 1 saturated heterocycles. The van der Waals surface area contributed by atoms with Crippen molar-refractivity contribution in [2.24, 2.45) is 0 Å². The number of aromatic nitrogens is 1. The van der Waals surface area contributed by atoms with Gasteiger partial charge in [-0.25, -0.2) is 0 Å². The average Bonchev–Trinajstić information content (AvgIpc) is 2.78. The van der Waals surface area contributed by atoms with E-state index >= 15 is 0 Å². The molecular formula is C15H24N2O4. The maximum Gasteiger partial charge on any atom is 0.223 e. The number of carbonyl (C=O) groups is 1. The highest BCUT2D eigenvalue weighted by atomic mass is 16.5. The van der Waals surface area contributed by atoms with Gasteiger partial charge in [-0.2, -0.15) is 0 Å². The Morgan fingerprint density at radius 1 is 1.52 bits per heavy atom. The molecule has 0 spiro atoms. The number of ether oxygens (including phenoxy) is 1. The number of aryl methyl sites for hydroxylation is 2. The van der Waals surface area contributed by atoms with E-state index < -0.39 is 0 Å². The predicted molar refractivity (Wildman–Crippen MR) is 77.0 cm³/mol. The van der Waals surface area contributed by atoms with Crippen molar-refractivity contribution in [1.29, 1.82) is 0 Å². The zero-order valence-electron chi connectivity index (χ0n) is 13.1. The lowest BCUT2D eigenvalue weighted by molar-refractivity contribution is -0.146. The number of morpholine rings is 1. The summed E-state index contributed by atoms with van der Waals surface area (Å²) in [5.41, 5.74) is 1.86. The second-order valence-electron chi connectivity index (χ2n) is 5.88. The lowest BCUT2D eigenvalue weighted by atomic mass is 9.95. The Hall–Kier alpha value is -1.40. The lowest BCUT2D eigenvalue weighted by Gasteiger charge is -2.38. The van der Waals surface area contributed by atoms with Gasteiger partial charge in [-0.3, -0.25) is 4.79 Å². The molecule has 0 aliphatic carbocycles. The molecule has 0 aromatic carbocycles. The molecule has 2 rings (SSSR count). The van der Waals surface area contributed by atoms with Gasteiger partial charge in [-0.05, 0) is 26.7 Å². The van der Waals surface area contributed by atoms with Crippen molar-refractivity contribution < 1.29 is 19.2 Å². The van der Waals surface area contributed by atoms with Gasteiger partial charge in [-0.15, -0.1) is 0 Å². The van der Waals surface area contributed by atoms with Crippen LogP contribution in [0.2, 0.25) is 0 Å². The van der Waals surface area contributed by atoms with Gasteiger partial charge in [0.25, 0.3) is 0 Å². The number of carbonyl (C=O) groups excluding carboxylic acids is 1. The first-order valence-electron chi connectivity index (χ1n) is 7.38. The number of amides is 1. The molecule has 0 saturated carbocycles. The van der Waals surface area contributed by atoms with Crippen molar-refractivity contribution in [2.75, 3.05) is 19.8 Å². The smallest absolute Gasteiger partial charge is 0.223 e. The summed E-state index contributed by atoms with van der Waals surface area (Å²) in [6.45, 7) is 8.60. The SMILES string of the molecule is Cc1noc(C)c1C(C)CC(=O)N1CC(CO)OCC1C. The Morgan fingerprint density at radius 2 is 2.24 bits per heavy atom. The van der Waals surface area contributed by atoms with Crippen molar-refractivity contribution in [3.05, 3.63) is 17.0 Å². The van der Waals surface area contributed by atoms with Crippen LogP contribution in [0.1, 0.15) is 43.2 Å². The van der Waals surface area contributed by atoms with Gasteiger partial charge < -0.3 is 19.3 Å². The first kappa shape index (κ1) is 16.0. The Kier molecular flexibility index (Phi) is 5.00. The summed E-state index contributed by atoms with van der Waals surface area (Å²) in [5.74, 6) is 0.916. The molecule has 1 fully saturated rings. The third-order valence-electron chi connectivity index (χ3n) is 4.09. The number of rotatable bonds is 4. The van der Waals surface area contributed by atoms with E-state index in [9.17, 15) is 9.90 Å². The molecule has 118 valence electrons. The number of hydrogen-bond acceptors (Lipinski definition) is 5. The van der Waals surface area contributed by atoms with Gasteiger partial charge in [0.1, 0.15) is 5.76 Å². The van der Waals surface area contributed by atoms with E-state index in [1.165, 1.54) is 0 Å². The van der Waals surface area contributed by atoms with Crippen molar-refractivity contribution in [2.45, 2.75) is 52.2 Å². The number of hydrogen-bond donors (Lipinski definition) is 1. The third-order valence-corrected chi connectivity index (χ3v) is 4.09. The number of aliphatic hydroxyl groups excluding tert-OH is 1. The van der Waals surface area contributed by atoms with Gasteiger partial charge in [-0.1, -0.05) is 12.1 Å². The van der Waals surface area contributed by atoms with Crippen LogP contribution in [0.4, 0.5) is 0 Å². The monoisotopic (exact) mass is 296 g/mol. The van der Waals surface area contributed by atoms with E-state index in [4.69, 9.17) is 9.26 Å². The maximum absolute atomic E-state index is 12.5. The molecule has 21 heavy (non-hydrogen) atoms. The molecule has 1 amide bonds. The summed E-state index contributed by atoms with van der Waals surface area (Å²) in [6, 6.07) is 0.0390. The molecule has 0 bridgehead atoms. The van der Waals surface area contributed by atoms with Gasteiger partial charge >= 0.3 is 0 Å². The van der Waals surface area contributed by atoms with E-state index in [-0.39, 0.29) is 30.6 Å². The minimum atomic E-state index is -0.278. The molecule has 6 heteroatoms. The van der Waals surface area contributed by atoms with E-state index in [1.54, 1.807) is 4.90 Å². The fourth-order valence-electron chi connectivity index (χ4n) is 2.95. The van der Waals surface area contributed by atoms with Crippen molar-refractivity contribution >= 4 is 5.91 Å². The second kappa shape index (κ2) is 6.58. The molecule has 1 aromatic heterocycles. The van der Waals surface area contributed by atoms with Crippen LogP contribution in [-0.2, 0) is 9.53 Å². The molecule has 1 aliphatic rings. The summed E-state index contributed by atoms with van der Waals surface area (Å²) in [4.78, 5) is 14.3. The van der Waals surface area contributed by atoms with Gasteiger partial charge in [0.15, 0.2) is 0 Å². The maximum atomic E-state index is 12.5. The molecule has 0 radical (unpaired) electrons. The van der Waals surface area contributed by atoms with E-state index in [1.807, 2.05) is 27.7 Å². The minimum Gasteiger partial charge on any atom is -0.394 e. The quantitative estimate of drug-likeness (QED) is 0.908. The molecular weight excluding hydrogens is 272 g/mol. The van der Waals surface area contributed by atoms with Crippen LogP contribution in [0.3, 0.4) is 0 Å².